The summed E-state index contributed by atoms with van der Waals surface area (Å²) >= 11 is 0. The molecule has 7 atom stereocenters. The maximum Gasteiger partial charge on any atom is 0.408 e. The Balaban J connectivity index is 1.31. The van der Waals surface area contributed by atoms with E-state index in [0.717, 1.165) is 37.6 Å². The van der Waals surface area contributed by atoms with Crippen LogP contribution < -0.4 is 19.5 Å². The van der Waals surface area contributed by atoms with Crippen molar-refractivity contribution in [1.29, 1.82) is 0 Å². The van der Waals surface area contributed by atoms with E-state index in [1.165, 1.54) is 4.90 Å². The van der Waals surface area contributed by atoms with Gasteiger partial charge in [-0.1, -0.05) is 50.6 Å². The van der Waals surface area contributed by atoms with Crippen molar-refractivity contribution in [2.45, 2.75) is 146 Å². The van der Waals surface area contributed by atoms with Crippen LogP contribution in [0.1, 0.15) is 105 Å². The monoisotopic (exact) mass is 857 g/mol. The van der Waals surface area contributed by atoms with Gasteiger partial charge in [0.05, 0.1) is 17.9 Å². The molecular weight excluding hydrogens is 801 g/mol. The molecule has 0 radical (unpaired) electrons. The molecule has 17 heteroatoms. The number of ether oxygens (including phenoxy) is 2. The van der Waals surface area contributed by atoms with Crippen LogP contribution in [0, 0.1) is 17.8 Å². The van der Waals surface area contributed by atoms with Crippen molar-refractivity contribution in [2.24, 2.45) is 17.8 Å². The van der Waals surface area contributed by atoms with Gasteiger partial charge in [0.2, 0.25) is 33.6 Å². The van der Waals surface area contributed by atoms with Crippen molar-refractivity contribution >= 4 is 44.6 Å². The smallest absolute Gasteiger partial charge is 0.408 e. The first-order valence-corrected chi connectivity index (χ1v) is 22.6. The number of hydrogen-bond acceptors (Lipinski definition) is 9. The van der Waals surface area contributed by atoms with Gasteiger partial charge in [-0.15, -0.1) is 0 Å². The number of amides is 4. The number of carboxylic acid groups (broad SMARTS) is 1. The van der Waals surface area contributed by atoms with Crippen molar-refractivity contribution < 1.29 is 51.0 Å². The van der Waals surface area contributed by atoms with Crippen molar-refractivity contribution in [3.63, 3.8) is 0 Å². The lowest BCUT2D eigenvalue weighted by molar-refractivity contribution is -0.157. The minimum atomic E-state index is -4.09. The van der Waals surface area contributed by atoms with Crippen molar-refractivity contribution in [2.75, 3.05) is 13.2 Å². The van der Waals surface area contributed by atoms with Crippen LogP contribution in [-0.2, 0) is 30.8 Å². The summed E-state index contributed by atoms with van der Waals surface area (Å²) < 4.78 is 71.2. The Hall–Kier alpha value is -4.54. The highest BCUT2D eigenvalue weighted by molar-refractivity contribution is 7.91. The third-order valence-electron chi connectivity index (χ3n) is 13.8. The number of carbonyl (C=O) groups is 4. The Morgan fingerprint density at radius 1 is 1.15 bits per heavy atom. The summed E-state index contributed by atoms with van der Waals surface area (Å²) in [5.41, 5.74) is -3.10. The van der Waals surface area contributed by atoms with E-state index < -0.39 is 85.6 Å². The SMILES string of the molecule is CC[C@@H]1C[C@@H](C)CCC=C[C@@H]2C[C@@]2(C(=O)NS(=O)(=O)C2(C)CC2)NC(=O)[C@@H]2C[C@@H](Oc3nc4c(c5ccccc35)CCCO4)CN2C(=O)[C@H]1N(C(=O)O)C(C)(C)C(C)(F)F. The summed E-state index contributed by atoms with van der Waals surface area (Å²) in [6, 6.07) is 4.48. The first kappa shape index (κ1) is 43.5. The standard InChI is InChI=1S/C43H57F2N5O9S/c1-7-26-21-25(2)13-8-9-14-27-23-43(27,38(53)48-60(56,57)41(5)18-19-41)47-34(51)32-22-28(24-49(32)37(52)33(26)50(39(54)55)40(3,4)42(6,44)45)59-36-31-16-11-10-15-29(31)30-17-12-20-58-35(30)46-36/h9-11,14-16,25-28,32-33H,7-8,12-13,17-24H2,1-6H3,(H,47,51)(H,48,53)(H,54,55)/t25-,26+,27+,28+,32-,33-,43+/m0/s1. The maximum atomic E-state index is 15.5. The zero-order chi connectivity index (χ0) is 43.6. The number of rotatable bonds is 9. The highest BCUT2D eigenvalue weighted by Crippen LogP contribution is 2.48. The minimum Gasteiger partial charge on any atom is -0.477 e. The molecule has 0 bridgehead atoms. The molecule has 3 aliphatic heterocycles. The summed E-state index contributed by atoms with van der Waals surface area (Å²) in [7, 11) is -4.09. The molecule has 328 valence electrons. The molecule has 14 nitrogen and oxygen atoms in total. The highest BCUT2D eigenvalue weighted by Gasteiger charge is 2.63. The Morgan fingerprint density at radius 3 is 2.50 bits per heavy atom. The fourth-order valence-electron chi connectivity index (χ4n) is 9.14. The second kappa shape index (κ2) is 15.7. The van der Waals surface area contributed by atoms with Gasteiger partial charge in [-0.05, 0) is 95.4 Å². The summed E-state index contributed by atoms with van der Waals surface area (Å²) in [4.78, 5) is 63.9. The van der Waals surface area contributed by atoms with Crippen LogP contribution in [0.15, 0.2) is 36.4 Å². The molecule has 2 saturated carbocycles. The number of sulfonamides is 1. The van der Waals surface area contributed by atoms with Gasteiger partial charge < -0.3 is 24.8 Å². The van der Waals surface area contributed by atoms with Crippen molar-refractivity contribution in [3.05, 3.63) is 42.0 Å². The van der Waals surface area contributed by atoms with Gasteiger partial charge in [-0.25, -0.2) is 22.0 Å². The predicted molar refractivity (Wildman–Crippen MR) is 218 cm³/mol. The van der Waals surface area contributed by atoms with Gasteiger partial charge in [0.15, 0.2) is 0 Å². The van der Waals surface area contributed by atoms with Gasteiger partial charge in [-0.3, -0.25) is 24.0 Å². The molecule has 3 fully saturated rings. The van der Waals surface area contributed by atoms with E-state index in [1.54, 1.807) is 19.9 Å². The molecule has 4 heterocycles. The molecule has 0 unspecified atom stereocenters. The number of nitrogens with zero attached hydrogens (tertiary/aromatic N) is 3. The van der Waals surface area contributed by atoms with Crippen LogP contribution in [0.2, 0.25) is 0 Å². The van der Waals surface area contributed by atoms with Gasteiger partial charge in [0.1, 0.15) is 29.3 Å². The Morgan fingerprint density at radius 2 is 1.85 bits per heavy atom. The fraction of sp³-hybridized carbons (Fsp3) is 0.651. The third-order valence-corrected chi connectivity index (χ3v) is 15.9. The summed E-state index contributed by atoms with van der Waals surface area (Å²) in [5.74, 6) is -6.90. The fourth-order valence-corrected chi connectivity index (χ4v) is 10.5. The van der Waals surface area contributed by atoms with E-state index in [0.29, 0.717) is 61.8 Å². The molecule has 1 saturated heterocycles. The molecule has 4 amide bonds. The van der Waals surface area contributed by atoms with E-state index in [1.807, 2.05) is 37.3 Å². The van der Waals surface area contributed by atoms with Gasteiger partial charge >= 0.3 is 6.09 Å². The number of nitrogens with one attached hydrogen (secondary N) is 2. The first-order valence-electron chi connectivity index (χ1n) is 21.1. The topological polar surface area (TPSA) is 185 Å². The Kier molecular flexibility index (Phi) is 11.4. The van der Waals surface area contributed by atoms with Crippen LogP contribution in [0.3, 0.4) is 0 Å². The van der Waals surface area contributed by atoms with Crippen LogP contribution in [0.4, 0.5) is 13.6 Å². The van der Waals surface area contributed by atoms with Gasteiger partial charge in [0.25, 0.3) is 11.8 Å². The van der Waals surface area contributed by atoms with Crippen molar-refractivity contribution in [3.8, 4) is 11.8 Å². The number of pyridine rings is 1. The Labute approximate surface area is 349 Å². The highest BCUT2D eigenvalue weighted by atomic mass is 32.2. The summed E-state index contributed by atoms with van der Waals surface area (Å²) in [6.45, 7) is 8.29. The molecule has 2 aliphatic carbocycles. The zero-order valence-electron chi connectivity index (χ0n) is 35.1. The summed E-state index contributed by atoms with van der Waals surface area (Å²) in [6.07, 6.45) is 5.02. The largest absolute Gasteiger partial charge is 0.477 e. The van der Waals surface area contributed by atoms with E-state index in [9.17, 15) is 27.9 Å². The number of halogens is 2. The number of alkyl halides is 2. The second-order valence-corrected chi connectivity index (χ2v) is 20.6. The van der Waals surface area contributed by atoms with Gasteiger partial charge in [-0.2, -0.15) is 4.98 Å². The number of aromatic nitrogens is 1. The molecule has 7 rings (SSSR count). The number of carbonyl (C=O) groups excluding carboxylic acids is 3. The normalized spacial score (nSPS) is 29.4. The predicted octanol–water partition coefficient (Wildman–Crippen LogP) is 5.97. The lowest BCUT2D eigenvalue weighted by Crippen LogP contribution is -2.67. The first-order chi connectivity index (χ1) is 28.1. The van der Waals surface area contributed by atoms with E-state index in [4.69, 9.17) is 14.5 Å². The lowest BCUT2D eigenvalue weighted by Gasteiger charge is -2.47. The molecular formula is C43H57F2N5O9S. The zero-order valence-corrected chi connectivity index (χ0v) is 35.9. The minimum absolute atomic E-state index is 0.0894. The molecule has 2 aromatic rings. The maximum absolute atomic E-state index is 15.5. The third kappa shape index (κ3) is 7.90. The lowest BCUT2D eigenvalue weighted by atomic mass is 9.81. The summed E-state index contributed by atoms with van der Waals surface area (Å²) in [5, 5.41) is 15.1. The van der Waals surface area contributed by atoms with E-state index in [2.05, 4.69) is 10.0 Å². The molecule has 1 aromatic carbocycles. The number of benzene rings is 1. The molecule has 3 N–H and O–H groups in total. The van der Waals surface area contributed by atoms with Crippen molar-refractivity contribution in [1.82, 2.24) is 24.8 Å². The van der Waals surface area contributed by atoms with Crippen LogP contribution >= 0.6 is 0 Å². The number of fused-ring (bicyclic) bond motifs is 5. The molecule has 1 aromatic heterocycles. The second-order valence-electron chi connectivity index (χ2n) is 18.4. The number of hydrogen-bond donors (Lipinski definition) is 3. The van der Waals surface area contributed by atoms with Gasteiger partial charge in [0, 0.05) is 30.2 Å². The number of allylic oxidation sites excluding steroid dienone is 1. The van der Waals surface area contributed by atoms with Crippen LogP contribution in [0.5, 0.6) is 11.8 Å². The Bertz CT molecular complexity index is 2190. The van der Waals surface area contributed by atoms with E-state index >= 15 is 13.6 Å². The number of aryl methyl sites for hydroxylation is 1. The molecule has 0 spiro atoms. The van der Waals surface area contributed by atoms with Crippen LogP contribution in [-0.4, -0.2) is 105 Å². The van der Waals surface area contributed by atoms with Crippen LogP contribution in [0.25, 0.3) is 10.8 Å². The quantitative estimate of drug-likeness (QED) is 0.254. The molecule has 5 aliphatic rings. The average molecular weight is 858 g/mol. The average Bonchev–Trinajstić information content (AvgIpc) is 4.07. The molecule has 60 heavy (non-hydrogen) atoms. The van der Waals surface area contributed by atoms with E-state index in [-0.39, 0.29) is 37.6 Å².